The van der Waals surface area contributed by atoms with Gasteiger partial charge in [0.25, 0.3) is 0 Å². The third-order valence-electron chi connectivity index (χ3n) is 4.05. The van der Waals surface area contributed by atoms with Gasteiger partial charge in [0.2, 0.25) is 5.91 Å². The molecule has 0 aromatic rings. The van der Waals surface area contributed by atoms with Crippen LogP contribution in [0.4, 0.5) is 0 Å². The predicted molar refractivity (Wildman–Crippen MR) is 81.1 cm³/mol. The summed E-state index contributed by atoms with van der Waals surface area (Å²) in [7, 11) is 0. The molecule has 1 N–H and O–H groups in total. The number of amides is 1. The van der Waals surface area contributed by atoms with Gasteiger partial charge in [0, 0.05) is 19.5 Å². The summed E-state index contributed by atoms with van der Waals surface area (Å²) in [4.78, 5) is 14.3. The Bertz CT molecular complexity index is 257. The van der Waals surface area contributed by atoms with Gasteiger partial charge in [-0.2, -0.15) is 0 Å². The summed E-state index contributed by atoms with van der Waals surface area (Å²) < 4.78 is 0. The maximum absolute atomic E-state index is 12.2. The largest absolute Gasteiger partial charge is 0.343 e. The van der Waals surface area contributed by atoms with E-state index in [1.54, 1.807) is 0 Å². The summed E-state index contributed by atoms with van der Waals surface area (Å²) in [6.45, 7) is 12.9. The highest BCUT2D eigenvalue weighted by Gasteiger charge is 2.23. The quantitative estimate of drug-likeness (QED) is 0.770. The summed E-state index contributed by atoms with van der Waals surface area (Å²) in [6, 6.07) is 0. The van der Waals surface area contributed by atoms with E-state index in [9.17, 15) is 4.79 Å². The van der Waals surface area contributed by atoms with E-state index in [4.69, 9.17) is 0 Å². The van der Waals surface area contributed by atoms with Crippen LogP contribution in [0.15, 0.2) is 0 Å². The molecule has 1 amide bonds. The smallest absolute Gasteiger partial charge is 0.222 e. The number of hydrogen-bond donors (Lipinski definition) is 1. The Morgan fingerprint density at radius 1 is 1.26 bits per heavy atom. The average molecular weight is 268 g/mol. The third-order valence-corrected chi connectivity index (χ3v) is 4.05. The van der Waals surface area contributed by atoms with Crippen molar-refractivity contribution in [3.05, 3.63) is 0 Å². The van der Waals surface area contributed by atoms with Gasteiger partial charge in [0.1, 0.15) is 0 Å². The molecule has 3 nitrogen and oxygen atoms in total. The van der Waals surface area contributed by atoms with Gasteiger partial charge in [0.15, 0.2) is 0 Å². The van der Waals surface area contributed by atoms with Crippen molar-refractivity contribution in [3.63, 3.8) is 0 Å². The first-order valence-electron chi connectivity index (χ1n) is 8.01. The maximum Gasteiger partial charge on any atom is 0.222 e. The van der Waals surface area contributed by atoms with Crippen LogP contribution in [0.2, 0.25) is 0 Å². The first-order chi connectivity index (χ1) is 9.02. The Hall–Kier alpha value is -0.570. The minimum Gasteiger partial charge on any atom is -0.343 e. The van der Waals surface area contributed by atoms with Crippen molar-refractivity contribution in [1.29, 1.82) is 0 Å². The Kier molecular flexibility index (Phi) is 7.44. The molecule has 0 spiro atoms. The molecule has 1 unspecified atom stereocenters. The number of rotatable bonds is 7. The second-order valence-electron chi connectivity index (χ2n) is 6.57. The number of nitrogens with zero attached hydrogens (tertiary/aromatic N) is 1. The Morgan fingerprint density at radius 3 is 2.42 bits per heavy atom. The van der Waals surface area contributed by atoms with Crippen LogP contribution in [0.5, 0.6) is 0 Å². The molecule has 0 aliphatic carbocycles. The molecule has 0 radical (unpaired) electrons. The van der Waals surface area contributed by atoms with Crippen LogP contribution < -0.4 is 5.32 Å². The molecule has 1 rings (SSSR count). The van der Waals surface area contributed by atoms with E-state index < -0.39 is 0 Å². The van der Waals surface area contributed by atoms with Gasteiger partial charge in [-0.1, -0.05) is 27.7 Å². The molecule has 0 aromatic heterocycles. The van der Waals surface area contributed by atoms with Crippen molar-refractivity contribution in [2.45, 2.75) is 53.4 Å². The Morgan fingerprint density at radius 2 is 1.89 bits per heavy atom. The van der Waals surface area contributed by atoms with Crippen LogP contribution in [-0.2, 0) is 4.79 Å². The van der Waals surface area contributed by atoms with E-state index in [-0.39, 0.29) is 0 Å². The van der Waals surface area contributed by atoms with E-state index >= 15 is 0 Å². The van der Waals surface area contributed by atoms with Gasteiger partial charge in [-0.3, -0.25) is 4.79 Å². The number of carbonyl (C=O) groups excluding carboxylic acids is 1. The van der Waals surface area contributed by atoms with Gasteiger partial charge in [-0.05, 0) is 50.1 Å². The minimum atomic E-state index is 0.370. The van der Waals surface area contributed by atoms with Crippen molar-refractivity contribution in [1.82, 2.24) is 10.2 Å². The molecule has 3 heteroatoms. The van der Waals surface area contributed by atoms with Crippen molar-refractivity contribution < 1.29 is 4.79 Å². The standard InChI is InChI=1S/C16H32N2O/c1-5-17-12-15-6-8-18(9-7-15)16(19)11-14(4)10-13(2)3/h13-15,17H,5-12H2,1-4H3. The summed E-state index contributed by atoms with van der Waals surface area (Å²) in [6.07, 6.45) is 4.22. The van der Waals surface area contributed by atoms with Crippen LogP contribution in [0.1, 0.15) is 53.4 Å². The van der Waals surface area contributed by atoms with E-state index in [0.717, 1.165) is 57.8 Å². The summed E-state index contributed by atoms with van der Waals surface area (Å²) >= 11 is 0. The molecule has 0 aromatic carbocycles. The topological polar surface area (TPSA) is 32.3 Å². The second kappa shape index (κ2) is 8.57. The number of carbonyl (C=O) groups is 1. The lowest BCUT2D eigenvalue weighted by atomic mass is 9.93. The Balaban J connectivity index is 2.24. The van der Waals surface area contributed by atoms with E-state index in [1.807, 2.05) is 0 Å². The van der Waals surface area contributed by atoms with Crippen LogP contribution in [0.25, 0.3) is 0 Å². The van der Waals surface area contributed by atoms with E-state index in [2.05, 4.69) is 37.9 Å². The fourth-order valence-corrected chi connectivity index (χ4v) is 3.05. The number of nitrogens with one attached hydrogen (secondary N) is 1. The predicted octanol–water partition coefficient (Wildman–Crippen LogP) is 2.91. The normalized spacial score (nSPS) is 18.9. The number of piperidine rings is 1. The summed E-state index contributed by atoms with van der Waals surface area (Å²) in [5.41, 5.74) is 0. The van der Waals surface area contributed by atoms with Gasteiger partial charge in [0.05, 0.1) is 0 Å². The molecular formula is C16H32N2O. The fourth-order valence-electron chi connectivity index (χ4n) is 3.05. The van der Waals surface area contributed by atoms with Crippen LogP contribution in [0, 0.1) is 17.8 Å². The minimum absolute atomic E-state index is 0.370. The van der Waals surface area contributed by atoms with Gasteiger partial charge in [-0.25, -0.2) is 0 Å². The highest BCUT2D eigenvalue weighted by atomic mass is 16.2. The monoisotopic (exact) mass is 268 g/mol. The highest BCUT2D eigenvalue weighted by Crippen LogP contribution is 2.20. The molecule has 0 bridgehead atoms. The van der Waals surface area contributed by atoms with Gasteiger partial charge in [-0.15, -0.1) is 0 Å². The lowest BCUT2D eigenvalue weighted by Gasteiger charge is -2.33. The molecule has 1 fully saturated rings. The summed E-state index contributed by atoms with van der Waals surface area (Å²) in [5, 5.41) is 3.41. The fraction of sp³-hybridized carbons (Fsp3) is 0.938. The molecular weight excluding hydrogens is 236 g/mol. The van der Waals surface area contributed by atoms with E-state index in [0.29, 0.717) is 17.7 Å². The zero-order chi connectivity index (χ0) is 14.3. The zero-order valence-corrected chi connectivity index (χ0v) is 13.2. The van der Waals surface area contributed by atoms with Crippen LogP contribution in [-0.4, -0.2) is 37.0 Å². The molecule has 0 saturated carbocycles. The lowest BCUT2D eigenvalue weighted by Crippen LogP contribution is -2.41. The third kappa shape index (κ3) is 6.42. The summed E-state index contributed by atoms with van der Waals surface area (Å²) in [5.74, 6) is 2.34. The van der Waals surface area contributed by atoms with Crippen LogP contribution in [0.3, 0.4) is 0 Å². The first-order valence-corrected chi connectivity index (χ1v) is 8.01. The number of hydrogen-bond acceptors (Lipinski definition) is 2. The maximum atomic E-state index is 12.2. The molecule has 1 aliphatic rings. The second-order valence-corrected chi connectivity index (χ2v) is 6.57. The molecule has 19 heavy (non-hydrogen) atoms. The highest BCUT2D eigenvalue weighted by molar-refractivity contribution is 5.76. The Labute approximate surface area is 119 Å². The van der Waals surface area contributed by atoms with Crippen LogP contribution >= 0.6 is 0 Å². The van der Waals surface area contributed by atoms with E-state index in [1.165, 1.54) is 0 Å². The zero-order valence-electron chi connectivity index (χ0n) is 13.2. The SMILES string of the molecule is CCNCC1CCN(C(=O)CC(C)CC(C)C)CC1. The molecule has 1 aliphatic heterocycles. The van der Waals surface area contributed by atoms with Crippen molar-refractivity contribution in [3.8, 4) is 0 Å². The molecule has 1 heterocycles. The van der Waals surface area contributed by atoms with Crippen molar-refractivity contribution in [2.24, 2.45) is 17.8 Å². The number of likely N-dealkylation sites (tertiary alicyclic amines) is 1. The molecule has 112 valence electrons. The molecule has 1 atom stereocenters. The first kappa shape index (κ1) is 16.5. The average Bonchev–Trinajstić information content (AvgIpc) is 2.35. The van der Waals surface area contributed by atoms with Gasteiger partial charge < -0.3 is 10.2 Å². The lowest BCUT2D eigenvalue weighted by molar-refractivity contribution is -0.133. The van der Waals surface area contributed by atoms with Crippen molar-refractivity contribution >= 4 is 5.91 Å². The molecule has 1 saturated heterocycles. The van der Waals surface area contributed by atoms with Crippen molar-refractivity contribution in [2.75, 3.05) is 26.2 Å². The van der Waals surface area contributed by atoms with Gasteiger partial charge >= 0.3 is 0 Å².